The van der Waals surface area contributed by atoms with Crippen molar-refractivity contribution in [2.24, 2.45) is 13.0 Å². The third-order valence-electron chi connectivity index (χ3n) is 4.54. The molecule has 1 aliphatic rings. The van der Waals surface area contributed by atoms with Gasteiger partial charge in [0.15, 0.2) is 0 Å². The molecule has 0 radical (unpaired) electrons. The van der Waals surface area contributed by atoms with Gasteiger partial charge in [0, 0.05) is 35.1 Å². The molecule has 1 N–H and O–H groups in total. The molecule has 1 fully saturated rings. The Bertz CT molecular complexity index is 581. The van der Waals surface area contributed by atoms with Crippen LogP contribution in [0.5, 0.6) is 0 Å². The lowest BCUT2D eigenvalue weighted by atomic mass is 9.93. The Morgan fingerprint density at radius 3 is 2.82 bits per heavy atom. The molecule has 3 rings (SSSR count). The van der Waals surface area contributed by atoms with Crippen LogP contribution in [0.3, 0.4) is 0 Å². The summed E-state index contributed by atoms with van der Waals surface area (Å²) >= 11 is 1.90. The lowest BCUT2D eigenvalue weighted by Gasteiger charge is -2.31. The maximum absolute atomic E-state index is 4.26. The number of thiophene rings is 1. The van der Waals surface area contributed by atoms with Crippen LogP contribution < -0.4 is 5.32 Å². The molecule has 120 valence electrons. The fourth-order valence-electron chi connectivity index (χ4n) is 3.17. The molecular weight excluding hydrogens is 292 g/mol. The first-order valence-corrected chi connectivity index (χ1v) is 9.01. The Morgan fingerprint density at radius 2 is 2.14 bits per heavy atom. The van der Waals surface area contributed by atoms with E-state index in [1.807, 2.05) is 36.3 Å². The maximum atomic E-state index is 4.26. The second-order valence-electron chi connectivity index (χ2n) is 6.28. The fraction of sp³-hybridized carbons (Fsp3) is 0.588. The maximum Gasteiger partial charge on any atom is 0.0576 e. The second-order valence-corrected chi connectivity index (χ2v) is 7.45. The van der Waals surface area contributed by atoms with E-state index in [2.05, 4.69) is 33.6 Å². The van der Waals surface area contributed by atoms with Crippen LogP contribution in [0.15, 0.2) is 24.5 Å². The molecule has 0 aliphatic carbocycles. The average molecular weight is 318 g/mol. The molecule has 0 spiro atoms. The Labute approximate surface area is 137 Å². The van der Waals surface area contributed by atoms with Crippen molar-refractivity contribution < 1.29 is 0 Å². The van der Waals surface area contributed by atoms with Crippen LogP contribution in [0, 0.1) is 5.92 Å². The first-order valence-electron chi connectivity index (χ1n) is 8.19. The fourth-order valence-corrected chi connectivity index (χ4v) is 4.19. The molecule has 0 bridgehead atoms. The Kier molecular flexibility index (Phi) is 5.28. The SMILES string of the molecule is CNCCC1CCN(Cc2ccc(-c3cnn(C)c3)s2)CC1. The second kappa shape index (κ2) is 7.40. The molecule has 2 aromatic heterocycles. The molecule has 4 nitrogen and oxygen atoms in total. The molecule has 5 heteroatoms. The normalized spacial score (nSPS) is 17.2. The van der Waals surface area contributed by atoms with E-state index in [4.69, 9.17) is 0 Å². The monoisotopic (exact) mass is 318 g/mol. The van der Waals surface area contributed by atoms with E-state index >= 15 is 0 Å². The largest absolute Gasteiger partial charge is 0.320 e. The lowest BCUT2D eigenvalue weighted by molar-refractivity contribution is 0.173. The topological polar surface area (TPSA) is 33.1 Å². The van der Waals surface area contributed by atoms with Gasteiger partial charge in [-0.2, -0.15) is 5.10 Å². The predicted molar refractivity (Wildman–Crippen MR) is 93.1 cm³/mol. The summed E-state index contributed by atoms with van der Waals surface area (Å²) in [5, 5.41) is 7.53. The number of aromatic nitrogens is 2. The van der Waals surface area contributed by atoms with E-state index in [0.29, 0.717) is 0 Å². The van der Waals surface area contributed by atoms with E-state index < -0.39 is 0 Å². The number of hydrogen-bond donors (Lipinski definition) is 1. The number of aryl methyl sites for hydroxylation is 1. The first-order chi connectivity index (χ1) is 10.7. The van der Waals surface area contributed by atoms with Crippen LogP contribution in [0.2, 0.25) is 0 Å². The van der Waals surface area contributed by atoms with Gasteiger partial charge < -0.3 is 5.32 Å². The van der Waals surface area contributed by atoms with E-state index in [1.165, 1.54) is 47.7 Å². The number of piperidine rings is 1. The highest BCUT2D eigenvalue weighted by Gasteiger charge is 2.19. The summed E-state index contributed by atoms with van der Waals surface area (Å²) in [6.07, 6.45) is 8.06. The van der Waals surface area contributed by atoms with Crippen molar-refractivity contribution in [3.63, 3.8) is 0 Å². The minimum Gasteiger partial charge on any atom is -0.320 e. The highest BCUT2D eigenvalue weighted by molar-refractivity contribution is 7.15. The van der Waals surface area contributed by atoms with Crippen molar-refractivity contribution in [3.8, 4) is 10.4 Å². The molecular formula is C17H26N4S. The zero-order chi connectivity index (χ0) is 15.4. The van der Waals surface area contributed by atoms with Gasteiger partial charge in [0.1, 0.15) is 0 Å². The average Bonchev–Trinajstić information content (AvgIpc) is 3.15. The van der Waals surface area contributed by atoms with Crippen molar-refractivity contribution in [2.75, 3.05) is 26.7 Å². The van der Waals surface area contributed by atoms with E-state index in [1.54, 1.807) is 0 Å². The summed E-state index contributed by atoms with van der Waals surface area (Å²) < 4.78 is 1.87. The number of nitrogens with one attached hydrogen (secondary N) is 1. The molecule has 0 amide bonds. The zero-order valence-corrected chi connectivity index (χ0v) is 14.4. The minimum atomic E-state index is 0.915. The van der Waals surface area contributed by atoms with Crippen molar-refractivity contribution in [1.29, 1.82) is 0 Å². The van der Waals surface area contributed by atoms with Crippen LogP contribution >= 0.6 is 11.3 Å². The molecule has 0 unspecified atom stereocenters. The molecule has 3 heterocycles. The van der Waals surface area contributed by atoms with Crippen molar-refractivity contribution in [2.45, 2.75) is 25.8 Å². The first kappa shape index (κ1) is 15.7. The molecule has 0 aromatic carbocycles. The van der Waals surface area contributed by atoms with Crippen LogP contribution in [-0.4, -0.2) is 41.4 Å². The van der Waals surface area contributed by atoms with Crippen LogP contribution in [0.25, 0.3) is 10.4 Å². The molecule has 0 atom stereocenters. The van der Waals surface area contributed by atoms with Gasteiger partial charge in [-0.1, -0.05) is 0 Å². The van der Waals surface area contributed by atoms with E-state index in [9.17, 15) is 0 Å². The minimum absolute atomic E-state index is 0.915. The Hall–Kier alpha value is -1.17. The smallest absolute Gasteiger partial charge is 0.0576 e. The van der Waals surface area contributed by atoms with Gasteiger partial charge in [-0.25, -0.2) is 0 Å². The van der Waals surface area contributed by atoms with Crippen molar-refractivity contribution in [1.82, 2.24) is 20.0 Å². The summed E-state index contributed by atoms with van der Waals surface area (Å²) in [5.41, 5.74) is 1.23. The van der Waals surface area contributed by atoms with Gasteiger partial charge in [-0.15, -0.1) is 11.3 Å². The highest BCUT2D eigenvalue weighted by atomic mass is 32.1. The Morgan fingerprint density at radius 1 is 1.32 bits per heavy atom. The van der Waals surface area contributed by atoms with Gasteiger partial charge in [0.05, 0.1) is 6.20 Å². The summed E-state index contributed by atoms with van der Waals surface area (Å²) in [6, 6.07) is 4.51. The van der Waals surface area contributed by atoms with E-state index in [0.717, 1.165) is 19.0 Å². The van der Waals surface area contributed by atoms with Crippen molar-refractivity contribution >= 4 is 11.3 Å². The van der Waals surface area contributed by atoms with Crippen LogP contribution in [-0.2, 0) is 13.6 Å². The summed E-state index contributed by atoms with van der Waals surface area (Å²) in [7, 11) is 4.02. The van der Waals surface area contributed by atoms with Gasteiger partial charge in [-0.3, -0.25) is 9.58 Å². The van der Waals surface area contributed by atoms with Crippen LogP contribution in [0.4, 0.5) is 0 Å². The Balaban J connectivity index is 1.51. The number of hydrogen-bond acceptors (Lipinski definition) is 4. The predicted octanol–water partition coefficient (Wildman–Crippen LogP) is 2.97. The zero-order valence-electron chi connectivity index (χ0n) is 13.6. The van der Waals surface area contributed by atoms with Crippen molar-refractivity contribution in [3.05, 3.63) is 29.4 Å². The molecule has 2 aromatic rings. The standard InChI is InChI=1S/C17H26N4S/c1-18-8-5-14-6-9-21(10-7-14)13-16-3-4-17(22-16)15-11-19-20(2)12-15/h3-4,11-12,14,18H,5-10,13H2,1-2H3. The lowest BCUT2D eigenvalue weighted by Crippen LogP contribution is -2.33. The summed E-state index contributed by atoms with van der Waals surface area (Å²) in [5.74, 6) is 0.915. The quantitative estimate of drug-likeness (QED) is 0.889. The summed E-state index contributed by atoms with van der Waals surface area (Å²) in [4.78, 5) is 5.40. The summed E-state index contributed by atoms with van der Waals surface area (Å²) in [6.45, 7) is 4.75. The third-order valence-corrected chi connectivity index (χ3v) is 5.66. The van der Waals surface area contributed by atoms with E-state index in [-0.39, 0.29) is 0 Å². The molecule has 1 saturated heterocycles. The molecule has 0 saturated carbocycles. The van der Waals surface area contributed by atoms with Gasteiger partial charge in [0.2, 0.25) is 0 Å². The van der Waals surface area contributed by atoms with Gasteiger partial charge in [0.25, 0.3) is 0 Å². The van der Waals surface area contributed by atoms with Crippen LogP contribution in [0.1, 0.15) is 24.1 Å². The number of nitrogens with zero attached hydrogens (tertiary/aromatic N) is 3. The molecule has 1 aliphatic heterocycles. The highest BCUT2D eigenvalue weighted by Crippen LogP contribution is 2.29. The number of rotatable bonds is 6. The van der Waals surface area contributed by atoms with Gasteiger partial charge in [-0.05, 0) is 64.0 Å². The number of likely N-dealkylation sites (tertiary alicyclic amines) is 1. The molecule has 22 heavy (non-hydrogen) atoms. The third kappa shape index (κ3) is 3.97. The van der Waals surface area contributed by atoms with Gasteiger partial charge >= 0.3 is 0 Å².